The second-order valence-corrected chi connectivity index (χ2v) is 8.90. The highest BCUT2D eigenvalue weighted by Gasteiger charge is 2.33. The van der Waals surface area contributed by atoms with Crippen LogP contribution in [0.3, 0.4) is 0 Å². The quantitative estimate of drug-likeness (QED) is 0.586. The molecule has 1 N–H and O–H groups in total. The van der Waals surface area contributed by atoms with Crippen molar-refractivity contribution < 1.29 is 18.0 Å². The van der Waals surface area contributed by atoms with Gasteiger partial charge in [0.1, 0.15) is 5.69 Å². The minimum atomic E-state index is -4.58. The third kappa shape index (κ3) is 5.52. The van der Waals surface area contributed by atoms with Gasteiger partial charge in [-0.25, -0.2) is 9.97 Å². The van der Waals surface area contributed by atoms with Gasteiger partial charge in [-0.2, -0.15) is 13.2 Å². The first kappa shape index (κ1) is 23.4. The van der Waals surface area contributed by atoms with Crippen molar-refractivity contribution in [3.05, 3.63) is 64.3 Å². The molecule has 32 heavy (non-hydrogen) atoms. The first-order valence-electron chi connectivity index (χ1n) is 10.2. The molecule has 0 bridgehead atoms. The molecule has 9 heteroatoms. The number of pyridine rings is 1. The molecule has 0 unspecified atom stereocenters. The summed E-state index contributed by atoms with van der Waals surface area (Å²) in [6.45, 7) is 7.77. The van der Waals surface area contributed by atoms with Gasteiger partial charge in [0.2, 0.25) is 5.91 Å². The summed E-state index contributed by atoms with van der Waals surface area (Å²) in [5.41, 5.74) is 0.0351. The van der Waals surface area contributed by atoms with E-state index in [0.717, 1.165) is 18.7 Å². The number of carbonyl (C=O) groups excluding carboxylic acids is 1. The van der Waals surface area contributed by atoms with Gasteiger partial charge in [-0.05, 0) is 49.1 Å². The van der Waals surface area contributed by atoms with Crippen LogP contribution < -0.4 is 10.9 Å². The molecule has 6 nitrogen and oxygen atoms in total. The number of halogens is 3. The Hall–Kier alpha value is -3.23. The second kappa shape index (κ2) is 8.72. The molecule has 0 aliphatic carbocycles. The number of aromatic nitrogens is 3. The van der Waals surface area contributed by atoms with Crippen LogP contribution in [0.15, 0.2) is 47.4 Å². The second-order valence-electron chi connectivity index (χ2n) is 8.90. The fourth-order valence-electron chi connectivity index (χ4n) is 3.30. The van der Waals surface area contributed by atoms with Crippen LogP contribution in [0.25, 0.3) is 11.0 Å². The summed E-state index contributed by atoms with van der Waals surface area (Å²) in [5.74, 6) is -0.130. The number of amides is 1. The van der Waals surface area contributed by atoms with Crippen molar-refractivity contribution in [3.8, 4) is 0 Å². The van der Waals surface area contributed by atoms with Crippen molar-refractivity contribution in [2.45, 2.75) is 52.8 Å². The van der Waals surface area contributed by atoms with Gasteiger partial charge >= 0.3 is 6.18 Å². The van der Waals surface area contributed by atoms with Crippen molar-refractivity contribution in [2.75, 3.05) is 5.32 Å². The van der Waals surface area contributed by atoms with E-state index >= 15 is 0 Å². The van der Waals surface area contributed by atoms with Crippen molar-refractivity contribution in [3.63, 3.8) is 0 Å². The van der Waals surface area contributed by atoms with E-state index in [2.05, 4.69) is 36.1 Å². The molecule has 2 heterocycles. The Morgan fingerprint density at radius 1 is 1.16 bits per heavy atom. The van der Waals surface area contributed by atoms with Crippen LogP contribution >= 0.6 is 0 Å². The zero-order valence-corrected chi connectivity index (χ0v) is 18.3. The normalized spacial score (nSPS) is 13.2. The SMILES string of the molecule is C[C@@H](c1cccc(C(F)(F)F)n1)n1c(=O)cnc2cc(NC(=O)CCC(C)(C)C)ccc21. The Morgan fingerprint density at radius 3 is 2.53 bits per heavy atom. The maximum absolute atomic E-state index is 13.1. The highest BCUT2D eigenvalue weighted by Crippen LogP contribution is 2.29. The molecule has 0 saturated heterocycles. The minimum absolute atomic E-state index is 0.0337. The zero-order valence-electron chi connectivity index (χ0n) is 18.3. The minimum Gasteiger partial charge on any atom is -0.326 e. The Kier molecular flexibility index (Phi) is 6.39. The van der Waals surface area contributed by atoms with E-state index < -0.39 is 23.5 Å². The van der Waals surface area contributed by atoms with Crippen LogP contribution in [0.5, 0.6) is 0 Å². The van der Waals surface area contributed by atoms with Crippen LogP contribution in [0.1, 0.15) is 58.0 Å². The summed E-state index contributed by atoms with van der Waals surface area (Å²) >= 11 is 0. The van der Waals surface area contributed by atoms with Crippen LogP contribution in [0.4, 0.5) is 18.9 Å². The maximum Gasteiger partial charge on any atom is 0.433 e. The third-order valence-electron chi connectivity index (χ3n) is 5.05. The highest BCUT2D eigenvalue weighted by atomic mass is 19.4. The van der Waals surface area contributed by atoms with Crippen LogP contribution in [0.2, 0.25) is 0 Å². The van der Waals surface area contributed by atoms with Crippen molar-refractivity contribution in [2.24, 2.45) is 5.41 Å². The number of fused-ring (bicyclic) bond motifs is 1. The molecule has 1 atom stereocenters. The van der Waals surface area contributed by atoms with E-state index in [1.54, 1.807) is 25.1 Å². The van der Waals surface area contributed by atoms with E-state index in [-0.39, 0.29) is 17.0 Å². The molecule has 0 spiro atoms. The fourth-order valence-corrected chi connectivity index (χ4v) is 3.30. The average Bonchev–Trinajstić information content (AvgIpc) is 2.71. The summed E-state index contributed by atoms with van der Waals surface area (Å²) < 4.78 is 40.5. The molecular weight excluding hydrogens is 421 g/mol. The molecule has 3 aromatic rings. The van der Waals surface area contributed by atoms with E-state index in [1.165, 1.54) is 16.7 Å². The van der Waals surface area contributed by atoms with Gasteiger partial charge in [0.25, 0.3) is 5.56 Å². The lowest BCUT2D eigenvalue weighted by molar-refractivity contribution is -0.141. The molecule has 1 aromatic carbocycles. The molecule has 3 rings (SSSR count). The molecule has 1 amide bonds. The number of nitrogens with one attached hydrogen (secondary N) is 1. The van der Waals surface area contributed by atoms with Gasteiger partial charge in [-0.15, -0.1) is 0 Å². The summed E-state index contributed by atoms with van der Waals surface area (Å²) in [6.07, 6.45) is -2.38. The van der Waals surface area contributed by atoms with E-state index in [9.17, 15) is 22.8 Å². The first-order chi connectivity index (χ1) is 14.8. The lowest BCUT2D eigenvalue weighted by atomic mass is 9.90. The molecular formula is C23H25F3N4O2. The van der Waals surface area contributed by atoms with Crippen molar-refractivity contribution in [1.29, 1.82) is 0 Å². The third-order valence-corrected chi connectivity index (χ3v) is 5.05. The molecule has 0 saturated carbocycles. The van der Waals surface area contributed by atoms with Crippen LogP contribution in [-0.4, -0.2) is 20.4 Å². The van der Waals surface area contributed by atoms with Crippen molar-refractivity contribution >= 4 is 22.6 Å². The van der Waals surface area contributed by atoms with Gasteiger partial charge < -0.3 is 5.32 Å². The summed E-state index contributed by atoms with van der Waals surface area (Å²) in [6, 6.07) is 7.73. The van der Waals surface area contributed by atoms with Gasteiger partial charge in [-0.1, -0.05) is 26.8 Å². The predicted octanol–water partition coefficient (Wildman–Crippen LogP) is 5.18. The average molecular weight is 446 g/mol. The molecule has 0 radical (unpaired) electrons. The van der Waals surface area contributed by atoms with Crippen LogP contribution in [-0.2, 0) is 11.0 Å². The number of alkyl halides is 3. The Morgan fingerprint density at radius 2 is 1.88 bits per heavy atom. The fraction of sp³-hybridized carbons (Fsp3) is 0.391. The Labute approximate surface area is 183 Å². The predicted molar refractivity (Wildman–Crippen MR) is 116 cm³/mol. The zero-order chi connectivity index (χ0) is 23.7. The topological polar surface area (TPSA) is 76.9 Å². The number of hydrogen-bond donors (Lipinski definition) is 1. The van der Waals surface area contributed by atoms with Gasteiger partial charge in [-0.3, -0.25) is 14.2 Å². The molecule has 0 aliphatic heterocycles. The first-order valence-corrected chi connectivity index (χ1v) is 10.2. The summed E-state index contributed by atoms with van der Waals surface area (Å²) in [5, 5.41) is 2.82. The molecule has 170 valence electrons. The van der Waals surface area contributed by atoms with Crippen LogP contribution in [0, 0.1) is 5.41 Å². The monoisotopic (exact) mass is 446 g/mol. The van der Waals surface area contributed by atoms with E-state index in [1.807, 2.05) is 0 Å². The summed E-state index contributed by atoms with van der Waals surface area (Å²) in [7, 11) is 0. The van der Waals surface area contributed by atoms with E-state index in [0.29, 0.717) is 23.1 Å². The maximum atomic E-state index is 13.1. The number of benzene rings is 1. The van der Waals surface area contributed by atoms with Gasteiger partial charge in [0.15, 0.2) is 0 Å². The smallest absolute Gasteiger partial charge is 0.326 e. The van der Waals surface area contributed by atoms with Gasteiger partial charge in [0.05, 0.1) is 29.0 Å². The molecule has 0 aliphatic rings. The summed E-state index contributed by atoms with van der Waals surface area (Å²) in [4.78, 5) is 32.6. The number of rotatable bonds is 5. The number of nitrogens with zero attached hydrogens (tertiary/aromatic N) is 3. The van der Waals surface area contributed by atoms with E-state index in [4.69, 9.17) is 0 Å². The largest absolute Gasteiger partial charge is 0.433 e. The van der Waals surface area contributed by atoms with Gasteiger partial charge in [0, 0.05) is 12.1 Å². The lowest BCUT2D eigenvalue weighted by Crippen LogP contribution is -2.25. The molecule has 0 fully saturated rings. The highest BCUT2D eigenvalue weighted by molar-refractivity contribution is 5.93. The number of anilines is 1. The number of hydrogen-bond acceptors (Lipinski definition) is 4. The van der Waals surface area contributed by atoms with Crippen molar-refractivity contribution in [1.82, 2.24) is 14.5 Å². The molecule has 2 aromatic heterocycles. The number of carbonyl (C=O) groups is 1. The Balaban J connectivity index is 1.93. The standard InChI is InChI=1S/C23H25F3N4O2/c1-14(16-6-5-7-19(29-16)23(24,25)26)30-18-9-8-15(12-17(18)27-13-21(30)32)28-20(31)10-11-22(2,3)4/h5-9,12-14H,10-11H2,1-4H3,(H,28,31)/t14-/m0/s1. The lowest BCUT2D eigenvalue weighted by Gasteiger charge is -2.19. The Bertz CT molecular complexity index is 1200.